The van der Waals surface area contributed by atoms with Crippen LogP contribution in [-0.4, -0.2) is 35.5 Å². The first kappa shape index (κ1) is 26.8. The van der Waals surface area contributed by atoms with Gasteiger partial charge in [-0.05, 0) is 70.6 Å². The van der Waals surface area contributed by atoms with Gasteiger partial charge >= 0.3 is 0 Å². The summed E-state index contributed by atoms with van der Waals surface area (Å²) in [6, 6.07) is 18.1. The number of anilines is 1. The van der Waals surface area contributed by atoms with Crippen LogP contribution in [-0.2, 0) is 4.79 Å². The van der Waals surface area contributed by atoms with Crippen molar-refractivity contribution < 1.29 is 14.3 Å². The van der Waals surface area contributed by atoms with E-state index in [0.717, 1.165) is 8.04 Å². The molecule has 0 radical (unpaired) electrons. The second kappa shape index (κ2) is 11.9. The first-order valence-electron chi connectivity index (χ1n) is 11.4. The number of benzene rings is 3. The summed E-state index contributed by atoms with van der Waals surface area (Å²) >= 11 is 5.53. The second-order valence-corrected chi connectivity index (χ2v) is 10.5. The fourth-order valence-electron chi connectivity index (χ4n) is 3.59. The molecule has 0 saturated carbocycles. The topological polar surface area (TPSA) is 94.8 Å². The van der Waals surface area contributed by atoms with Gasteiger partial charge in [0.05, 0.1) is 27.8 Å². The zero-order valence-corrected chi connectivity index (χ0v) is 24.1. The van der Waals surface area contributed by atoms with Gasteiger partial charge in [-0.1, -0.05) is 48.0 Å². The van der Waals surface area contributed by atoms with Gasteiger partial charge in [-0.15, -0.1) is 0 Å². The summed E-state index contributed by atoms with van der Waals surface area (Å²) < 4.78 is 14.1. The lowest BCUT2D eigenvalue weighted by Gasteiger charge is -2.14. The van der Waals surface area contributed by atoms with Crippen LogP contribution in [0.15, 0.2) is 75.0 Å². The first-order valence-corrected chi connectivity index (χ1v) is 13.3. The van der Waals surface area contributed by atoms with Crippen LogP contribution in [0.1, 0.15) is 31.2 Å². The summed E-state index contributed by atoms with van der Waals surface area (Å²) in [4.78, 5) is 30.2. The van der Waals surface area contributed by atoms with Crippen molar-refractivity contribution in [3.05, 3.63) is 90.4 Å². The highest BCUT2D eigenvalue weighted by atomic mass is 127. The predicted molar refractivity (Wildman–Crippen MR) is 157 cm³/mol. The molecule has 1 heterocycles. The van der Waals surface area contributed by atoms with E-state index in [0.29, 0.717) is 39.5 Å². The second-order valence-electron chi connectivity index (χ2n) is 8.38. The monoisotopic (exact) mass is 674 g/mol. The molecular formula is C27H24BrIN4O4. The molecule has 1 aromatic heterocycles. The number of hydrogen-bond acceptors (Lipinski definition) is 6. The molecule has 8 nitrogen and oxygen atoms in total. The third-order valence-corrected chi connectivity index (χ3v) is 6.62. The lowest BCUT2D eigenvalue weighted by atomic mass is 10.2. The summed E-state index contributed by atoms with van der Waals surface area (Å²) in [5, 5.41) is 7.74. The molecule has 0 spiro atoms. The fourth-order valence-corrected chi connectivity index (χ4v) is 4.73. The standard InChI is InChI=1S/C27H24BrIN4O4/c1-16(2)26-32-22-10-9-18(28)13-20(22)27(35)33(26)30-14-17-11-21(29)25(23(12-17)36-3)37-15-24(34)31-19-7-5-4-6-8-19/h4-14,16H,15H2,1-3H3,(H,31,34). The fraction of sp³-hybridized carbons (Fsp3) is 0.185. The summed E-state index contributed by atoms with van der Waals surface area (Å²) in [7, 11) is 1.52. The number of fused-ring (bicyclic) bond motifs is 1. The minimum Gasteiger partial charge on any atom is -0.493 e. The van der Waals surface area contributed by atoms with Crippen molar-refractivity contribution in [1.82, 2.24) is 9.66 Å². The smallest absolute Gasteiger partial charge is 0.282 e. The Bertz CT molecular complexity index is 1540. The number of methoxy groups -OCH3 is 1. The maximum Gasteiger partial charge on any atom is 0.282 e. The highest BCUT2D eigenvalue weighted by molar-refractivity contribution is 14.1. The lowest BCUT2D eigenvalue weighted by molar-refractivity contribution is -0.118. The van der Waals surface area contributed by atoms with Crippen molar-refractivity contribution in [3.63, 3.8) is 0 Å². The van der Waals surface area contributed by atoms with E-state index >= 15 is 0 Å². The van der Waals surface area contributed by atoms with Gasteiger partial charge in [-0.3, -0.25) is 9.59 Å². The molecule has 0 bridgehead atoms. The Morgan fingerprint density at radius 2 is 1.95 bits per heavy atom. The van der Waals surface area contributed by atoms with E-state index in [1.807, 2.05) is 50.2 Å². The molecular weight excluding hydrogens is 651 g/mol. The average molecular weight is 675 g/mol. The molecule has 0 saturated heterocycles. The van der Waals surface area contributed by atoms with Gasteiger partial charge in [0.15, 0.2) is 18.1 Å². The molecule has 4 rings (SSSR count). The molecule has 0 aliphatic carbocycles. The normalized spacial score (nSPS) is 11.3. The molecule has 1 amide bonds. The molecule has 190 valence electrons. The zero-order valence-electron chi connectivity index (χ0n) is 20.4. The Morgan fingerprint density at radius 1 is 1.19 bits per heavy atom. The number of nitrogens with zero attached hydrogens (tertiary/aromatic N) is 3. The number of carbonyl (C=O) groups excluding carboxylic acids is 1. The third kappa shape index (κ3) is 6.37. The molecule has 0 aliphatic rings. The average Bonchev–Trinajstić information content (AvgIpc) is 2.87. The lowest BCUT2D eigenvalue weighted by Crippen LogP contribution is -2.23. The Kier molecular flexibility index (Phi) is 8.59. The van der Waals surface area contributed by atoms with Crippen molar-refractivity contribution >= 4 is 67.2 Å². The number of ether oxygens (including phenoxy) is 2. The maximum atomic E-state index is 13.3. The van der Waals surface area contributed by atoms with E-state index in [1.54, 1.807) is 30.5 Å². The minimum absolute atomic E-state index is 0.0228. The molecule has 4 aromatic rings. The number of amides is 1. The number of rotatable bonds is 8. The summed E-state index contributed by atoms with van der Waals surface area (Å²) in [6.07, 6.45) is 1.58. The van der Waals surface area contributed by atoms with Crippen LogP contribution >= 0.6 is 38.5 Å². The van der Waals surface area contributed by atoms with E-state index in [9.17, 15) is 9.59 Å². The molecule has 0 fully saturated rings. The van der Waals surface area contributed by atoms with Crippen molar-refractivity contribution in [2.24, 2.45) is 5.10 Å². The van der Waals surface area contributed by atoms with Gasteiger partial charge < -0.3 is 14.8 Å². The Balaban J connectivity index is 1.60. The number of aromatic nitrogens is 2. The molecule has 3 aromatic carbocycles. The van der Waals surface area contributed by atoms with E-state index in [-0.39, 0.29) is 24.0 Å². The summed E-state index contributed by atoms with van der Waals surface area (Å²) in [5.74, 6) is 1.14. The van der Waals surface area contributed by atoms with Crippen LogP contribution < -0.4 is 20.3 Å². The van der Waals surface area contributed by atoms with Gasteiger partial charge in [0.1, 0.15) is 5.82 Å². The number of halogens is 2. The van der Waals surface area contributed by atoms with Crippen molar-refractivity contribution in [2.75, 3.05) is 19.0 Å². The van der Waals surface area contributed by atoms with Crippen LogP contribution in [0.25, 0.3) is 10.9 Å². The molecule has 0 unspecified atom stereocenters. The van der Waals surface area contributed by atoms with Crippen LogP contribution in [0.3, 0.4) is 0 Å². The maximum absolute atomic E-state index is 13.3. The zero-order chi connectivity index (χ0) is 26.5. The molecule has 37 heavy (non-hydrogen) atoms. The molecule has 10 heteroatoms. The van der Waals surface area contributed by atoms with Crippen molar-refractivity contribution in [3.8, 4) is 11.5 Å². The van der Waals surface area contributed by atoms with Gasteiger partial charge in [0.25, 0.3) is 11.5 Å². The van der Waals surface area contributed by atoms with E-state index in [1.165, 1.54) is 11.8 Å². The van der Waals surface area contributed by atoms with Crippen molar-refractivity contribution in [1.29, 1.82) is 0 Å². The Morgan fingerprint density at radius 3 is 2.65 bits per heavy atom. The molecule has 1 N–H and O–H groups in total. The van der Waals surface area contributed by atoms with Crippen LogP contribution in [0, 0.1) is 3.57 Å². The van der Waals surface area contributed by atoms with Crippen LogP contribution in [0.2, 0.25) is 0 Å². The van der Waals surface area contributed by atoms with Gasteiger partial charge in [0, 0.05) is 16.1 Å². The van der Waals surface area contributed by atoms with E-state index < -0.39 is 0 Å². The highest BCUT2D eigenvalue weighted by Crippen LogP contribution is 2.33. The summed E-state index contributed by atoms with van der Waals surface area (Å²) in [6.45, 7) is 3.75. The number of carbonyl (C=O) groups is 1. The van der Waals surface area contributed by atoms with Gasteiger partial charge in [-0.2, -0.15) is 9.78 Å². The van der Waals surface area contributed by atoms with E-state index in [2.05, 4.69) is 53.9 Å². The largest absolute Gasteiger partial charge is 0.493 e. The SMILES string of the molecule is COc1cc(C=Nn2c(C(C)C)nc3ccc(Br)cc3c2=O)cc(I)c1OCC(=O)Nc1ccccc1. The first-order chi connectivity index (χ1) is 17.8. The van der Waals surface area contributed by atoms with E-state index in [4.69, 9.17) is 9.47 Å². The molecule has 0 aliphatic heterocycles. The molecule has 0 atom stereocenters. The van der Waals surface area contributed by atoms with Gasteiger partial charge in [0.2, 0.25) is 0 Å². The number of para-hydroxylation sites is 1. The van der Waals surface area contributed by atoms with Crippen LogP contribution in [0.4, 0.5) is 5.69 Å². The van der Waals surface area contributed by atoms with Crippen LogP contribution in [0.5, 0.6) is 11.5 Å². The number of nitrogens with one attached hydrogen (secondary N) is 1. The third-order valence-electron chi connectivity index (χ3n) is 5.33. The Labute approximate surface area is 236 Å². The highest BCUT2D eigenvalue weighted by Gasteiger charge is 2.16. The van der Waals surface area contributed by atoms with Gasteiger partial charge in [-0.25, -0.2) is 4.98 Å². The predicted octanol–water partition coefficient (Wildman–Crippen LogP) is 5.80. The van der Waals surface area contributed by atoms with Crippen molar-refractivity contribution in [2.45, 2.75) is 19.8 Å². The summed E-state index contributed by atoms with van der Waals surface area (Å²) in [5.41, 5.74) is 1.75. The number of hydrogen-bond donors (Lipinski definition) is 1. The Hall–Kier alpha value is -3.25. The quantitative estimate of drug-likeness (QED) is 0.189. The minimum atomic E-state index is -0.286.